The van der Waals surface area contributed by atoms with Gasteiger partial charge in [0.1, 0.15) is 17.3 Å². The maximum Gasteiger partial charge on any atom is 0.324 e. The van der Waals surface area contributed by atoms with Crippen molar-refractivity contribution < 1.29 is 29.0 Å². The molecule has 0 saturated heterocycles. The number of thioether (sulfide) groups is 1. The molecule has 0 aliphatic carbocycles. The largest absolute Gasteiger partial charge is 0.480 e. The zero-order valence-electron chi connectivity index (χ0n) is 15.6. The van der Waals surface area contributed by atoms with Crippen LogP contribution >= 0.6 is 11.8 Å². The number of carbonyl (C=O) groups is 3. The minimum absolute atomic E-state index is 0.209. The molecule has 0 aromatic heterocycles. The highest BCUT2D eigenvalue weighted by Gasteiger charge is 2.28. The lowest BCUT2D eigenvalue weighted by atomic mass is 10.1. The van der Waals surface area contributed by atoms with Crippen LogP contribution in [0.4, 0.5) is 0 Å². The molecule has 0 bridgehead atoms. The normalized spacial score (nSPS) is 14.4. The van der Waals surface area contributed by atoms with Gasteiger partial charge in [-0.1, -0.05) is 26.2 Å². The van der Waals surface area contributed by atoms with Crippen molar-refractivity contribution in [1.82, 2.24) is 5.32 Å². The van der Waals surface area contributed by atoms with Gasteiger partial charge in [0.15, 0.2) is 0 Å². The third kappa shape index (κ3) is 10.3. The van der Waals surface area contributed by atoms with Crippen LogP contribution < -0.4 is 5.32 Å². The van der Waals surface area contributed by atoms with Crippen molar-refractivity contribution >= 4 is 29.7 Å². The van der Waals surface area contributed by atoms with E-state index in [0.29, 0.717) is 13.0 Å². The second kappa shape index (κ2) is 13.9. The fourth-order valence-corrected chi connectivity index (χ4v) is 3.29. The molecule has 7 nitrogen and oxygen atoms in total. The van der Waals surface area contributed by atoms with Crippen molar-refractivity contribution in [2.24, 2.45) is 0 Å². The van der Waals surface area contributed by atoms with Gasteiger partial charge in [-0.05, 0) is 27.2 Å². The molecule has 0 unspecified atom stereocenters. The highest BCUT2D eigenvalue weighted by atomic mass is 32.2. The first kappa shape index (κ1) is 23.7. The van der Waals surface area contributed by atoms with Gasteiger partial charge in [-0.25, -0.2) is 0 Å². The van der Waals surface area contributed by atoms with E-state index < -0.39 is 24.0 Å². The maximum atomic E-state index is 12.1. The third-order valence-corrected chi connectivity index (χ3v) is 4.83. The van der Waals surface area contributed by atoms with E-state index >= 15 is 0 Å². The molecule has 0 spiro atoms. The molecule has 0 saturated carbocycles. The van der Waals surface area contributed by atoms with E-state index in [-0.39, 0.29) is 23.6 Å². The van der Waals surface area contributed by atoms with Crippen molar-refractivity contribution in [2.75, 3.05) is 19.0 Å². The van der Waals surface area contributed by atoms with Gasteiger partial charge in [0.25, 0.3) is 0 Å². The van der Waals surface area contributed by atoms with Crippen molar-refractivity contribution in [2.45, 2.75) is 70.7 Å². The Kier molecular flexibility index (Phi) is 13.2. The first-order valence-electron chi connectivity index (χ1n) is 8.80. The van der Waals surface area contributed by atoms with E-state index in [1.807, 2.05) is 0 Å². The van der Waals surface area contributed by atoms with E-state index in [0.717, 1.165) is 19.3 Å². The Morgan fingerprint density at radius 2 is 1.64 bits per heavy atom. The fourth-order valence-electron chi connectivity index (χ4n) is 2.10. The van der Waals surface area contributed by atoms with Crippen LogP contribution in [0, 0.1) is 0 Å². The molecule has 0 amide bonds. The van der Waals surface area contributed by atoms with Crippen LogP contribution in [0.1, 0.15) is 53.4 Å². The van der Waals surface area contributed by atoms with E-state index in [1.165, 1.54) is 18.7 Å². The molecule has 0 heterocycles. The summed E-state index contributed by atoms with van der Waals surface area (Å²) in [5, 5.41) is 11.4. The first-order chi connectivity index (χ1) is 11.9. The molecule has 0 radical (unpaired) electrons. The number of carbonyl (C=O) groups excluding carboxylic acids is 2. The number of esters is 2. The molecule has 3 atom stereocenters. The summed E-state index contributed by atoms with van der Waals surface area (Å²) in [6.45, 7) is 7.50. The Hall–Kier alpha value is -1.28. The van der Waals surface area contributed by atoms with Crippen molar-refractivity contribution in [1.29, 1.82) is 0 Å². The van der Waals surface area contributed by atoms with E-state index in [4.69, 9.17) is 14.6 Å². The summed E-state index contributed by atoms with van der Waals surface area (Å²) in [6.07, 6.45) is 3.63. The summed E-state index contributed by atoms with van der Waals surface area (Å²) in [4.78, 5) is 35.2. The molecule has 0 rings (SSSR count). The topological polar surface area (TPSA) is 102 Å². The first-order valence-corrected chi connectivity index (χ1v) is 9.85. The number of unbranched alkanes of at least 4 members (excludes halogenated alkanes) is 2. The maximum absolute atomic E-state index is 12.1. The highest BCUT2D eigenvalue weighted by Crippen LogP contribution is 2.21. The molecule has 0 aromatic rings. The van der Waals surface area contributed by atoms with Crippen LogP contribution in [0.2, 0.25) is 0 Å². The molecule has 146 valence electrons. The molecule has 0 aromatic carbocycles. The van der Waals surface area contributed by atoms with Crippen molar-refractivity contribution in [3.8, 4) is 0 Å². The molecule has 25 heavy (non-hydrogen) atoms. The van der Waals surface area contributed by atoms with Gasteiger partial charge in [-0.15, -0.1) is 11.8 Å². The highest BCUT2D eigenvalue weighted by molar-refractivity contribution is 8.00. The summed E-state index contributed by atoms with van der Waals surface area (Å²) in [5.74, 6) is -1.62. The summed E-state index contributed by atoms with van der Waals surface area (Å²) in [5.41, 5.74) is 0. The number of aliphatic carboxylic acids is 1. The molecule has 8 heteroatoms. The number of hydrogen-bond acceptors (Lipinski definition) is 7. The quantitative estimate of drug-likeness (QED) is 0.351. The average molecular weight is 378 g/mol. The standard InChI is InChI=1S/C17H31NO6S/c1-5-8-9-10-14(17(22)24-7-3)25-11-13(16(21)23-6-2)18-12(4)15(19)20/h12-14,18H,5-11H2,1-4H3,(H,19,20)/t12-,13-,14+/m0/s1. The number of hydrogen-bond donors (Lipinski definition) is 2. The molecule has 0 aliphatic heterocycles. The van der Waals surface area contributed by atoms with Gasteiger partial charge in [0.05, 0.1) is 13.2 Å². The summed E-state index contributed by atoms with van der Waals surface area (Å²) in [6, 6.07) is -1.68. The average Bonchev–Trinajstić information content (AvgIpc) is 2.56. The zero-order valence-corrected chi connectivity index (χ0v) is 16.4. The second-order valence-electron chi connectivity index (χ2n) is 5.60. The molecular weight excluding hydrogens is 346 g/mol. The van der Waals surface area contributed by atoms with Gasteiger partial charge >= 0.3 is 17.9 Å². The predicted octanol–water partition coefficient (Wildman–Crippen LogP) is 2.23. The van der Waals surface area contributed by atoms with Gasteiger partial charge < -0.3 is 14.6 Å². The minimum atomic E-state index is -1.05. The van der Waals surface area contributed by atoms with Gasteiger partial charge in [0, 0.05) is 5.75 Å². The fraction of sp³-hybridized carbons (Fsp3) is 0.824. The lowest BCUT2D eigenvalue weighted by Crippen LogP contribution is -2.48. The number of rotatable bonds is 14. The lowest BCUT2D eigenvalue weighted by molar-refractivity contribution is -0.146. The Bertz CT molecular complexity index is 418. The van der Waals surface area contributed by atoms with Gasteiger partial charge in [-0.3, -0.25) is 19.7 Å². The van der Waals surface area contributed by atoms with E-state index in [1.54, 1.807) is 13.8 Å². The number of carboxylic acids is 1. The molecule has 0 fully saturated rings. The van der Waals surface area contributed by atoms with E-state index in [2.05, 4.69) is 12.2 Å². The predicted molar refractivity (Wildman–Crippen MR) is 97.7 cm³/mol. The van der Waals surface area contributed by atoms with Crippen LogP contribution in [0.15, 0.2) is 0 Å². The lowest BCUT2D eigenvalue weighted by Gasteiger charge is -2.22. The Balaban J connectivity index is 4.85. The minimum Gasteiger partial charge on any atom is -0.480 e. The van der Waals surface area contributed by atoms with Crippen LogP contribution in [-0.2, 0) is 23.9 Å². The summed E-state index contributed by atoms with van der Waals surface area (Å²) >= 11 is 1.31. The Morgan fingerprint density at radius 3 is 2.16 bits per heavy atom. The second-order valence-corrected chi connectivity index (χ2v) is 6.84. The summed E-state index contributed by atoms with van der Waals surface area (Å²) in [7, 11) is 0. The zero-order chi connectivity index (χ0) is 19.2. The molecular formula is C17H31NO6S. The van der Waals surface area contributed by atoms with E-state index in [9.17, 15) is 14.4 Å². The number of carboxylic acid groups (broad SMARTS) is 1. The third-order valence-electron chi connectivity index (χ3n) is 3.48. The Labute approximate surface area is 154 Å². The smallest absolute Gasteiger partial charge is 0.324 e. The van der Waals surface area contributed by atoms with Gasteiger partial charge in [-0.2, -0.15) is 0 Å². The van der Waals surface area contributed by atoms with Crippen molar-refractivity contribution in [3.05, 3.63) is 0 Å². The van der Waals surface area contributed by atoms with Crippen molar-refractivity contribution in [3.63, 3.8) is 0 Å². The molecule has 0 aliphatic rings. The number of ether oxygens (including phenoxy) is 2. The van der Waals surface area contributed by atoms with Crippen LogP contribution in [-0.4, -0.2) is 59.3 Å². The van der Waals surface area contributed by atoms with Crippen LogP contribution in [0.5, 0.6) is 0 Å². The van der Waals surface area contributed by atoms with Crippen LogP contribution in [0.3, 0.4) is 0 Å². The van der Waals surface area contributed by atoms with Gasteiger partial charge in [0.2, 0.25) is 0 Å². The monoisotopic (exact) mass is 377 g/mol. The Morgan fingerprint density at radius 1 is 1.04 bits per heavy atom. The number of nitrogens with one attached hydrogen (secondary N) is 1. The SMILES string of the molecule is CCCCC[C@@H](SC[C@H](N[C@@H](C)C(=O)O)C(=O)OCC)C(=O)OCC. The molecule has 2 N–H and O–H groups in total. The summed E-state index contributed by atoms with van der Waals surface area (Å²) < 4.78 is 10.1. The van der Waals surface area contributed by atoms with Crippen LogP contribution in [0.25, 0.3) is 0 Å².